The average Bonchev–Trinajstić information content (AvgIpc) is 2.75. The van der Waals surface area contributed by atoms with Gasteiger partial charge in [-0.3, -0.25) is 9.59 Å². The van der Waals surface area contributed by atoms with Crippen LogP contribution in [0.15, 0.2) is 48.5 Å². The molecule has 4 rings (SSSR count). The number of fused-ring (bicyclic) bond motifs is 1. The molecule has 2 heterocycles. The predicted octanol–water partition coefficient (Wildman–Crippen LogP) is 4.39. The number of nitrogens with one attached hydrogen (secondary N) is 1. The average molecular weight is 431 g/mol. The monoisotopic (exact) mass is 431 g/mol. The van der Waals surface area contributed by atoms with Crippen molar-refractivity contribution in [3.63, 3.8) is 0 Å². The third-order valence-electron chi connectivity index (χ3n) is 5.26. The van der Waals surface area contributed by atoms with Crippen molar-refractivity contribution in [3.8, 4) is 22.5 Å². The Bertz CT molecular complexity index is 1160. The first kappa shape index (κ1) is 21.5. The van der Waals surface area contributed by atoms with E-state index in [1.54, 1.807) is 0 Å². The number of esters is 2. The Labute approximate surface area is 186 Å². The lowest BCUT2D eigenvalue weighted by Gasteiger charge is -2.32. The van der Waals surface area contributed by atoms with E-state index in [1.807, 2.05) is 62.4 Å². The van der Waals surface area contributed by atoms with E-state index in [0.717, 1.165) is 22.3 Å². The van der Waals surface area contributed by atoms with E-state index in [9.17, 15) is 9.59 Å². The summed E-state index contributed by atoms with van der Waals surface area (Å²) in [6.45, 7) is 6.96. The molecule has 2 aromatic carbocycles. The molecule has 0 saturated heterocycles. The molecular weight excluding hydrogens is 406 g/mol. The molecule has 0 bridgehead atoms. The third kappa shape index (κ3) is 4.46. The Morgan fingerprint density at radius 2 is 1.31 bits per heavy atom. The van der Waals surface area contributed by atoms with Gasteiger partial charge in [-0.1, -0.05) is 59.7 Å². The maximum Gasteiger partial charge on any atom is 0.303 e. The molecule has 7 nitrogen and oxygen atoms in total. The van der Waals surface area contributed by atoms with Crippen LogP contribution in [0.25, 0.3) is 22.5 Å². The van der Waals surface area contributed by atoms with E-state index >= 15 is 0 Å². The van der Waals surface area contributed by atoms with E-state index < -0.39 is 24.1 Å². The topological polar surface area (TPSA) is 90.4 Å². The zero-order valence-electron chi connectivity index (χ0n) is 18.5. The highest BCUT2D eigenvalue weighted by Crippen LogP contribution is 2.38. The zero-order chi connectivity index (χ0) is 22.8. The van der Waals surface area contributed by atoms with Crippen LogP contribution in [0, 0.1) is 13.8 Å². The Morgan fingerprint density at radius 1 is 0.812 bits per heavy atom. The number of hydrogen-bond acceptors (Lipinski definition) is 7. The van der Waals surface area contributed by atoms with Crippen molar-refractivity contribution in [1.29, 1.82) is 0 Å². The van der Waals surface area contributed by atoms with Crippen molar-refractivity contribution in [2.45, 2.75) is 39.9 Å². The van der Waals surface area contributed by atoms with Gasteiger partial charge in [0, 0.05) is 25.0 Å². The first-order chi connectivity index (χ1) is 15.3. The van der Waals surface area contributed by atoms with Crippen molar-refractivity contribution in [1.82, 2.24) is 9.97 Å². The summed E-state index contributed by atoms with van der Waals surface area (Å²) in [5, 5.41) is 3.19. The Kier molecular flexibility index (Phi) is 5.90. The molecule has 7 heteroatoms. The van der Waals surface area contributed by atoms with Gasteiger partial charge in [-0.2, -0.15) is 0 Å². The number of benzene rings is 2. The molecule has 0 amide bonds. The molecule has 0 fully saturated rings. The molecule has 0 aliphatic carbocycles. The highest BCUT2D eigenvalue weighted by molar-refractivity contribution is 5.80. The fourth-order valence-electron chi connectivity index (χ4n) is 3.71. The van der Waals surface area contributed by atoms with Crippen molar-refractivity contribution >= 4 is 17.8 Å². The lowest BCUT2D eigenvalue weighted by Crippen LogP contribution is -2.39. The lowest BCUT2D eigenvalue weighted by atomic mass is 9.99. The number of carbonyl (C=O) groups is 2. The number of hydrogen-bond donors (Lipinski definition) is 1. The summed E-state index contributed by atoms with van der Waals surface area (Å²) in [4.78, 5) is 33.2. The summed E-state index contributed by atoms with van der Waals surface area (Å²) < 4.78 is 10.9. The maximum atomic E-state index is 11.8. The predicted molar refractivity (Wildman–Crippen MR) is 121 cm³/mol. The van der Waals surface area contributed by atoms with Crippen LogP contribution in [-0.2, 0) is 19.1 Å². The molecule has 1 N–H and O–H groups in total. The van der Waals surface area contributed by atoms with E-state index in [-0.39, 0.29) is 6.54 Å². The number of anilines is 1. The Morgan fingerprint density at radius 3 is 1.81 bits per heavy atom. The third-order valence-corrected chi connectivity index (χ3v) is 5.26. The van der Waals surface area contributed by atoms with Crippen LogP contribution in [0.2, 0.25) is 0 Å². The van der Waals surface area contributed by atoms with Gasteiger partial charge in [0.15, 0.2) is 18.0 Å². The molecule has 164 valence electrons. The number of aryl methyl sites for hydroxylation is 2. The van der Waals surface area contributed by atoms with Gasteiger partial charge < -0.3 is 14.8 Å². The normalized spacial score (nSPS) is 17.1. The smallest absolute Gasteiger partial charge is 0.303 e. The quantitative estimate of drug-likeness (QED) is 0.613. The van der Waals surface area contributed by atoms with Gasteiger partial charge in [0.25, 0.3) is 0 Å². The SMILES string of the molecule is CC(=O)OC1CNc2nc(-c3ccc(C)cc3)c(-c3ccc(C)cc3)nc2C1OC(C)=O. The number of rotatable bonds is 4. The maximum absolute atomic E-state index is 11.8. The van der Waals surface area contributed by atoms with Crippen molar-refractivity contribution < 1.29 is 19.1 Å². The number of carbonyl (C=O) groups excluding carboxylic acids is 2. The molecule has 1 aromatic heterocycles. The van der Waals surface area contributed by atoms with Crippen LogP contribution in [0.5, 0.6) is 0 Å². The highest BCUT2D eigenvalue weighted by Gasteiger charge is 2.37. The second-order valence-electron chi connectivity index (χ2n) is 7.95. The summed E-state index contributed by atoms with van der Waals surface area (Å²) in [6, 6.07) is 16.1. The van der Waals surface area contributed by atoms with Crippen LogP contribution in [0.1, 0.15) is 36.8 Å². The molecule has 3 aromatic rings. The minimum atomic E-state index is -0.851. The minimum Gasteiger partial charge on any atom is -0.456 e. The van der Waals surface area contributed by atoms with Crippen LogP contribution in [-0.4, -0.2) is 34.6 Å². The summed E-state index contributed by atoms with van der Waals surface area (Å²) >= 11 is 0. The minimum absolute atomic E-state index is 0.260. The number of nitrogens with zero attached hydrogens (tertiary/aromatic N) is 2. The van der Waals surface area contributed by atoms with Gasteiger partial charge in [-0.15, -0.1) is 0 Å². The van der Waals surface area contributed by atoms with Crippen molar-refractivity contribution in [2.24, 2.45) is 0 Å². The van der Waals surface area contributed by atoms with Crippen LogP contribution >= 0.6 is 0 Å². The molecule has 2 unspecified atom stereocenters. The number of aromatic nitrogens is 2. The Balaban J connectivity index is 1.90. The first-order valence-electron chi connectivity index (χ1n) is 10.5. The van der Waals surface area contributed by atoms with Gasteiger partial charge in [0.2, 0.25) is 0 Å². The van der Waals surface area contributed by atoms with E-state index in [4.69, 9.17) is 19.4 Å². The summed E-state index contributed by atoms with van der Waals surface area (Å²) in [5.74, 6) is -0.437. The van der Waals surface area contributed by atoms with Gasteiger partial charge in [-0.05, 0) is 13.8 Å². The van der Waals surface area contributed by atoms with E-state index in [0.29, 0.717) is 22.9 Å². The Hall–Kier alpha value is -3.74. The van der Waals surface area contributed by atoms with Crippen LogP contribution in [0.3, 0.4) is 0 Å². The van der Waals surface area contributed by atoms with Crippen LogP contribution < -0.4 is 5.32 Å². The molecule has 0 spiro atoms. The lowest BCUT2D eigenvalue weighted by molar-refractivity contribution is -0.165. The van der Waals surface area contributed by atoms with Gasteiger partial charge >= 0.3 is 11.9 Å². The zero-order valence-corrected chi connectivity index (χ0v) is 18.5. The van der Waals surface area contributed by atoms with Gasteiger partial charge in [0.05, 0.1) is 17.9 Å². The number of ether oxygens (including phenoxy) is 2. The molecule has 1 aliphatic heterocycles. The van der Waals surface area contributed by atoms with Crippen LogP contribution in [0.4, 0.5) is 5.82 Å². The molecule has 0 saturated carbocycles. The summed E-state index contributed by atoms with van der Waals surface area (Å²) in [5.41, 5.74) is 5.90. The second kappa shape index (κ2) is 8.78. The molecule has 32 heavy (non-hydrogen) atoms. The van der Waals surface area contributed by atoms with E-state index in [1.165, 1.54) is 13.8 Å². The van der Waals surface area contributed by atoms with Gasteiger partial charge in [0.1, 0.15) is 5.69 Å². The summed E-state index contributed by atoms with van der Waals surface area (Å²) in [6.07, 6.45) is -1.55. The fourth-order valence-corrected chi connectivity index (χ4v) is 3.71. The van der Waals surface area contributed by atoms with Gasteiger partial charge in [-0.25, -0.2) is 9.97 Å². The summed E-state index contributed by atoms with van der Waals surface area (Å²) in [7, 11) is 0. The second-order valence-corrected chi connectivity index (χ2v) is 7.95. The van der Waals surface area contributed by atoms with Crippen molar-refractivity contribution in [3.05, 3.63) is 65.4 Å². The largest absolute Gasteiger partial charge is 0.456 e. The fraction of sp³-hybridized carbons (Fsp3) is 0.280. The standard InChI is InChI=1S/C25H25N3O4/c1-14-5-9-18(10-6-14)21-22(19-11-7-15(2)8-12-19)28-25-23(27-21)24(32-17(4)30)20(13-26-25)31-16(3)29/h5-12,20,24H,13H2,1-4H3,(H,26,28). The molecule has 0 radical (unpaired) electrons. The first-order valence-corrected chi connectivity index (χ1v) is 10.5. The van der Waals surface area contributed by atoms with E-state index in [2.05, 4.69) is 5.32 Å². The molecular formula is C25H25N3O4. The molecule has 1 aliphatic rings. The molecule has 2 atom stereocenters. The highest BCUT2D eigenvalue weighted by atomic mass is 16.6. The van der Waals surface area contributed by atoms with Crippen molar-refractivity contribution in [2.75, 3.05) is 11.9 Å².